The molecule has 0 unspecified atom stereocenters. The fraction of sp³-hybridized carbons (Fsp3) is 0.588. The minimum atomic E-state index is -0.814. The number of aliphatic carboxylic acids is 1. The topological polar surface area (TPSA) is 49.3 Å². The molecule has 0 aliphatic carbocycles. The first-order valence-electron chi connectivity index (χ1n) is 7.29. The molecule has 0 bridgehead atoms. The molecule has 0 rings (SSSR count). The third-order valence-corrected chi connectivity index (χ3v) is 2.99. The number of rotatable bonds is 10. The van der Waals surface area contributed by atoms with Gasteiger partial charge in [0.05, 0.1) is 6.54 Å². The van der Waals surface area contributed by atoms with Crippen molar-refractivity contribution in [2.24, 2.45) is 0 Å². The predicted octanol–water partition coefficient (Wildman–Crippen LogP) is 4.08. The van der Waals surface area contributed by atoms with Gasteiger partial charge < -0.3 is 10.4 Å². The maximum atomic E-state index is 10.3. The fourth-order valence-electron chi connectivity index (χ4n) is 1.76. The lowest BCUT2D eigenvalue weighted by atomic mass is 10.1. The Labute approximate surface area is 123 Å². The molecule has 0 amide bonds. The number of carboxylic acids is 1. The molecule has 3 heteroatoms. The molecule has 0 fully saturated rings. The molecule has 0 aromatic carbocycles. The van der Waals surface area contributed by atoms with Gasteiger partial charge in [-0.05, 0) is 53.4 Å². The van der Waals surface area contributed by atoms with Gasteiger partial charge in [0, 0.05) is 6.54 Å². The summed E-state index contributed by atoms with van der Waals surface area (Å²) in [4.78, 5) is 10.3. The first-order valence-corrected chi connectivity index (χ1v) is 7.29. The summed E-state index contributed by atoms with van der Waals surface area (Å²) in [6, 6.07) is 0. The van der Waals surface area contributed by atoms with Gasteiger partial charge in [-0.3, -0.25) is 4.79 Å². The molecule has 0 spiro atoms. The summed E-state index contributed by atoms with van der Waals surface area (Å²) in [5.41, 5.74) is 4.13. The number of nitrogens with one attached hydrogen (secondary N) is 1. The number of carbonyl (C=O) groups is 1. The number of carboxylic acid groups (broad SMARTS) is 1. The summed E-state index contributed by atoms with van der Waals surface area (Å²) in [7, 11) is 0. The van der Waals surface area contributed by atoms with E-state index in [2.05, 4.69) is 51.2 Å². The zero-order valence-corrected chi connectivity index (χ0v) is 13.3. The SMILES string of the molecule is CC(C)=CCCC(C)=CCCC(C)=CCNCC(=O)O. The third-order valence-electron chi connectivity index (χ3n) is 2.99. The van der Waals surface area contributed by atoms with Crippen LogP contribution in [0.3, 0.4) is 0 Å². The van der Waals surface area contributed by atoms with Crippen LogP contribution in [-0.2, 0) is 4.79 Å². The van der Waals surface area contributed by atoms with Gasteiger partial charge in [-0.1, -0.05) is 34.9 Å². The summed E-state index contributed by atoms with van der Waals surface area (Å²) in [5.74, 6) is -0.814. The van der Waals surface area contributed by atoms with Gasteiger partial charge in [0.15, 0.2) is 0 Å². The molecule has 3 nitrogen and oxygen atoms in total. The highest BCUT2D eigenvalue weighted by Gasteiger charge is 1.94. The number of hydrogen-bond acceptors (Lipinski definition) is 2. The molecule has 0 aromatic heterocycles. The normalized spacial score (nSPS) is 12.4. The Morgan fingerprint density at radius 1 is 0.950 bits per heavy atom. The minimum absolute atomic E-state index is 0.0210. The Balaban J connectivity index is 3.82. The van der Waals surface area contributed by atoms with Crippen LogP contribution >= 0.6 is 0 Å². The maximum absolute atomic E-state index is 10.3. The van der Waals surface area contributed by atoms with Gasteiger partial charge in [-0.2, -0.15) is 0 Å². The van der Waals surface area contributed by atoms with E-state index in [1.807, 2.05) is 0 Å². The van der Waals surface area contributed by atoms with Crippen LogP contribution in [0.5, 0.6) is 0 Å². The first-order chi connectivity index (χ1) is 9.41. The van der Waals surface area contributed by atoms with Crippen molar-refractivity contribution in [2.45, 2.75) is 53.4 Å². The van der Waals surface area contributed by atoms with E-state index in [-0.39, 0.29) is 6.54 Å². The molecule has 0 aliphatic rings. The van der Waals surface area contributed by atoms with Crippen molar-refractivity contribution in [3.63, 3.8) is 0 Å². The second kappa shape index (κ2) is 11.5. The van der Waals surface area contributed by atoms with Crippen LogP contribution in [0.25, 0.3) is 0 Å². The molecule has 0 saturated heterocycles. The van der Waals surface area contributed by atoms with Gasteiger partial charge in [0.2, 0.25) is 0 Å². The zero-order valence-electron chi connectivity index (χ0n) is 13.3. The lowest BCUT2D eigenvalue weighted by Crippen LogP contribution is -2.22. The highest BCUT2D eigenvalue weighted by atomic mass is 16.4. The molecule has 2 N–H and O–H groups in total. The Morgan fingerprint density at radius 2 is 1.50 bits per heavy atom. The van der Waals surface area contributed by atoms with Crippen LogP contribution < -0.4 is 5.32 Å². The van der Waals surface area contributed by atoms with Crippen LogP contribution in [0, 0.1) is 0 Å². The monoisotopic (exact) mass is 279 g/mol. The molecule has 0 saturated carbocycles. The van der Waals surface area contributed by atoms with Crippen molar-refractivity contribution in [3.8, 4) is 0 Å². The van der Waals surface area contributed by atoms with Gasteiger partial charge in [-0.25, -0.2) is 0 Å². The summed E-state index contributed by atoms with van der Waals surface area (Å²) in [6.45, 7) is 9.19. The van der Waals surface area contributed by atoms with Crippen LogP contribution in [0.2, 0.25) is 0 Å². The Bertz CT molecular complexity index is 374. The largest absolute Gasteiger partial charge is 0.480 e. The average Bonchev–Trinajstić information content (AvgIpc) is 2.34. The highest BCUT2D eigenvalue weighted by Crippen LogP contribution is 2.11. The molecule has 0 aliphatic heterocycles. The molecule has 0 radical (unpaired) electrons. The third kappa shape index (κ3) is 13.1. The van der Waals surface area contributed by atoms with Gasteiger partial charge in [0.1, 0.15) is 0 Å². The summed E-state index contributed by atoms with van der Waals surface area (Å²) < 4.78 is 0. The second-order valence-electron chi connectivity index (χ2n) is 5.48. The van der Waals surface area contributed by atoms with Crippen molar-refractivity contribution in [2.75, 3.05) is 13.1 Å². The second-order valence-corrected chi connectivity index (χ2v) is 5.48. The van der Waals surface area contributed by atoms with E-state index in [0.29, 0.717) is 6.54 Å². The van der Waals surface area contributed by atoms with Crippen LogP contribution in [0.1, 0.15) is 53.4 Å². The van der Waals surface area contributed by atoms with E-state index < -0.39 is 5.97 Å². The highest BCUT2D eigenvalue weighted by molar-refractivity contribution is 5.69. The van der Waals surface area contributed by atoms with Crippen molar-refractivity contribution in [1.29, 1.82) is 0 Å². The summed E-state index contributed by atoms with van der Waals surface area (Å²) >= 11 is 0. The number of hydrogen-bond donors (Lipinski definition) is 2. The van der Waals surface area contributed by atoms with Gasteiger partial charge in [0.25, 0.3) is 0 Å². The van der Waals surface area contributed by atoms with E-state index >= 15 is 0 Å². The first kappa shape index (κ1) is 18.7. The summed E-state index contributed by atoms with van der Waals surface area (Å²) in [6.07, 6.45) is 11.0. The predicted molar refractivity (Wildman–Crippen MR) is 85.9 cm³/mol. The molecular weight excluding hydrogens is 250 g/mol. The van der Waals surface area contributed by atoms with Crippen molar-refractivity contribution in [3.05, 3.63) is 34.9 Å². The fourth-order valence-corrected chi connectivity index (χ4v) is 1.76. The Kier molecular flexibility index (Phi) is 10.7. The molecular formula is C17H29NO2. The lowest BCUT2D eigenvalue weighted by molar-refractivity contribution is -0.135. The van der Waals surface area contributed by atoms with Crippen LogP contribution in [0.4, 0.5) is 0 Å². The van der Waals surface area contributed by atoms with E-state index in [0.717, 1.165) is 25.7 Å². The smallest absolute Gasteiger partial charge is 0.317 e. The molecule has 0 heterocycles. The molecule has 20 heavy (non-hydrogen) atoms. The van der Waals surface area contributed by atoms with Gasteiger partial charge >= 0.3 is 5.97 Å². The van der Waals surface area contributed by atoms with Crippen molar-refractivity contribution >= 4 is 5.97 Å². The molecule has 0 atom stereocenters. The van der Waals surface area contributed by atoms with E-state index in [1.165, 1.54) is 16.7 Å². The van der Waals surface area contributed by atoms with Crippen LogP contribution in [-0.4, -0.2) is 24.2 Å². The van der Waals surface area contributed by atoms with E-state index in [9.17, 15) is 4.79 Å². The quantitative estimate of drug-likeness (QED) is 0.468. The Hall–Kier alpha value is -1.35. The Morgan fingerprint density at radius 3 is 2.05 bits per heavy atom. The van der Waals surface area contributed by atoms with E-state index in [4.69, 9.17) is 5.11 Å². The standard InChI is InChI=1S/C17H29NO2/c1-14(2)7-5-8-15(3)9-6-10-16(4)11-12-18-13-17(19)20/h7,9,11,18H,5-6,8,10,12-13H2,1-4H3,(H,19,20). The van der Waals surface area contributed by atoms with Crippen molar-refractivity contribution < 1.29 is 9.90 Å². The average molecular weight is 279 g/mol. The minimum Gasteiger partial charge on any atom is -0.480 e. The van der Waals surface area contributed by atoms with E-state index in [1.54, 1.807) is 0 Å². The maximum Gasteiger partial charge on any atom is 0.317 e. The van der Waals surface area contributed by atoms with Crippen molar-refractivity contribution in [1.82, 2.24) is 5.32 Å². The summed E-state index contributed by atoms with van der Waals surface area (Å²) in [5, 5.41) is 11.3. The van der Waals surface area contributed by atoms with Crippen LogP contribution in [0.15, 0.2) is 34.9 Å². The molecule has 0 aromatic rings. The molecule has 114 valence electrons. The van der Waals surface area contributed by atoms with Gasteiger partial charge in [-0.15, -0.1) is 0 Å². The lowest BCUT2D eigenvalue weighted by Gasteiger charge is -2.02. The zero-order chi connectivity index (χ0) is 15.4. The number of allylic oxidation sites excluding steroid dienone is 5.